The number of aromatic nitrogens is 4. The summed E-state index contributed by atoms with van der Waals surface area (Å²) < 4.78 is 7.85. The summed E-state index contributed by atoms with van der Waals surface area (Å²) in [5, 5.41) is 7.89. The van der Waals surface area contributed by atoms with E-state index in [9.17, 15) is 0 Å². The zero-order chi connectivity index (χ0) is 10.8. The number of pyridine rings is 1. The molecule has 0 spiro atoms. The molecular weight excluding hydrogens is 225 g/mol. The first-order chi connectivity index (χ1) is 7.93. The van der Waals surface area contributed by atoms with Crippen molar-refractivity contribution in [3.63, 3.8) is 0 Å². The molecule has 0 saturated carbocycles. The molecular formula is C9H12N5OP. The average Bonchev–Trinajstić information content (AvgIpc) is 2.96. The number of fused-ring (bicyclic) bond motifs is 1. The Labute approximate surface area is 94.5 Å². The van der Waals surface area contributed by atoms with Gasteiger partial charge in [-0.15, -0.1) is 5.10 Å². The molecule has 6 nitrogen and oxygen atoms in total. The summed E-state index contributed by atoms with van der Waals surface area (Å²) in [5.74, 6) is 0. The quantitative estimate of drug-likeness (QED) is 0.741. The first-order valence-electron chi connectivity index (χ1n) is 5.28. The Morgan fingerprint density at radius 3 is 3.06 bits per heavy atom. The van der Waals surface area contributed by atoms with Crippen LogP contribution in [0.1, 0.15) is 12.8 Å². The van der Waals surface area contributed by atoms with Crippen LogP contribution in [0.3, 0.4) is 0 Å². The fourth-order valence-corrected chi connectivity index (χ4v) is 2.53. The summed E-state index contributed by atoms with van der Waals surface area (Å²) in [6.45, 7) is 2.22. The van der Waals surface area contributed by atoms with E-state index in [2.05, 4.69) is 20.0 Å². The van der Waals surface area contributed by atoms with Crippen LogP contribution in [-0.2, 0) is 0 Å². The highest BCUT2D eigenvalue weighted by atomic mass is 31.1. The van der Waals surface area contributed by atoms with Gasteiger partial charge in [-0.1, -0.05) is 4.85 Å². The Morgan fingerprint density at radius 2 is 2.19 bits per heavy atom. The van der Waals surface area contributed by atoms with Gasteiger partial charge in [-0.25, -0.2) is 4.98 Å². The van der Waals surface area contributed by atoms with Crippen molar-refractivity contribution in [1.29, 1.82) is 0 Å². The Hall–Kier alpha value is -1.26. The topological polar surface area (TPSA) is 56.1 Å². The van der Waals surface area contributed by atoms with E-state index in [0.29, 0.717) is 14.6 Å². The predicted octanol–water partition coefficient (Wildman–Crippen LogP) is 0.859. The van der Waals surface area contributed by atoms with Crippen LogP contribution in [-0.4, -0.2) is 37.9 Å². The summed E-state index contributed by atoms with van der Waals surface area (Å²) in [4.78, 5) is 5.59. The Morgan fingerprint density at radius 1 is 1.31 bits per heavy atom. The van der Waals surface area contributed by atoms with Crippen LogP contribution in [0.15, 0.2) is 18.3 Å². The normalized spacial score (nSPS) is 17.8. The third kappa shape index (κ3) is 1.86. The fourth-order valence-electron chi connectivity index (χ4n) is 1.71. The van der Waals surface area contributed by atoms with Gasteiger partial charge in [0.1, 0.15) is 5.52 Å². The van der Waals surface area contributed by atoms with E-state index in [-0.39, 0.29) is 0 Å². The van der Waals surface area contributed by atoms with Gasteiger partial charge in [0.15, 0.2) is 8.96 Å². The number of hydrogen-bond donors (Lipinski definition) is 0. The summed E-state index contributed by atoms with van der Waals surface area (Å²) in [5.41, 5.74) is 1.43. The largest absolute Gasteiger partial charge is 0.361 e. The van der Waals surface area contributed by atoms with Crippen LogP contribution in [0.5, 0.6) is 0 Å². The summed E-state index contributed by atoms with van der Waals surface area (Å²) in [6.07, 6.45) is 4.23. The second-order valence-corrected chi connectivity index (χ2v) is 4.68. The molecule has 1 saturated heterocycles. The van der Waals surface area contributed by atoms with Crippen molar-refractivity contribution in [3.05, 3.63) is 18.3 Å². The second kappa shape index (κ2) is 4.31. The SMILES string of the molecule is c1cnc2c(c1)nnn2OPN1CCCC1. The molecule has 3 rings (SSSR count). The molecule has 1 aliphatic heterocycles. The first-order valence-corrected chi connectivity index (χ1v) is 6.13. The van der Waals surface area contributed by atoms with Crippen molar-refractivity contribution in [3.8, 4) is 0 Å². The summed E-state index contributed by atoms with van der Waals surface area (Å²) >= 11 is 0. The molecule has 0 amide bonds. The van der Waals surface area contributed by atoms with Crippen LogP contribution in [0, 0.1) is 0 Å². The monoisotopic (exact) mass is 237 g/mol. The molecule has 1 fully saturated rings. The Balaban J connectivity index is 1.73. The maximum absolute atomic E-state index is 5.58. The molecule has 0 N–H and O–H groups in total. The molecule has 1 aliphatic rings. The molecule has 2 aromatic heterocycles. The van der Waals surface area contributed by atoms with Crippen molar-refractivity contribution in [2.24, 2.45) is 0 Å². The minimum Gasteiger partial charge on any atom is -0.361 e. The van der Waals surface area contributed by atoms with E-state index in [4.69, 9.17) is 4.62 Å². The van der Waals surface area contributed by atoms with E-state index in [0.717, 1.165) is 18.6 Å². The summed E-state index contributed by atoms with van der Waals surface area (Å²) in [6, 6.07) is 3.71. The third-order valence-electron chi connectivity index (χ3n) is 2.54. The molecule has 0 bridgehead atoms. The van der Waals surface area contributed by atoms with Crippen molar-refractivity contribution >= 4 is 20.1 Å². The van der Waals surface area contributed by atoms with Gasteiger partial charge in [-0.05, 0) is 30.2 Å². The lowest BCUT2D eigenvalue weighted by Crippen LogP contribution is -2.14. The van der Waals surface area contributed by atoms with E-state index >= 15 is 0 Å². The van der Waals surface area contributed by atoms with Crippen LogP contribution < -0.4 is 4.62 Å². The minimum absolute atomic E-state index is 0.297. The molecule has 0 aromatic carbocycles. The van der Waals surface area contributed by atoms with Crippen LogP contribution in [0.2, 0.25) is 0 Å². The molecule has 7 heteroatoms. The van der Waals surface area contributed by atoms with Gasteiger partial charge in [-0.3, -0.25) is 4.67 Å². The molecule has 0 radical (unpaired) electrons. The lowest BCUT2D eigenvalue weighted by Gasteiger charge is -2.12. The van der Waals surface area contributed by atoms with Crippen molar-refractivity contribution in [1.82, 2.24) is 24.8 Å². The lowest BCUT2D eigenvalue weighted by molar-refractivity contribution is 0.252. The highest BCUT2D eigenvalue weighted by molar-refractivity contribution is 7.29. The lowest BCUT2D eigenvalue weighted by atomic mass is 10.4. The second-order valence-electron chi connectivity index (χ2n) is 3.69. The van der Waals surface area contributed by atoms with Gasteiger partial charge >= 0.3 is 0 Å². The zero-order valence-corrected chi connectivity index (χ0v) is 9.70. The molecule has 16 heavy (non-hydrogen) atoms. The van der Waals surface area contributed by atoms with Gasteiger partial charge in [0.2, 0.25) is 5.65 Å². The average molecular weight is 237 g/mol. The van der Waals surface area contributed by atoms with Gasteiger partial charge in [0, 0.05) is 19.3 Å². The molecule has 1 atom stereocenters. The number of hydrogen-bond acceptors (Lipinski definition) is 5. The fraction of sp³-hybridized carbons (Fsp3) is 0.444. The molecule has 3 heterocycles. The maximum Gasteiger partial charge on any atom is 0.219 e. The van der Waals surface area contributed by atoms with Gasteiger partial charge in [-0.2, -0.15) is 0 Å². The van der Waals surface area contributed by atoms with Gasteiger partial charge < -0.3 is 4.62 Å². The zero-order valence-electron chi connectivity index (χ0n) is 8.70. The van der Waals surface area contributed by atoms with Crippen molar-refractivity contribution in [2.75, 3.05) is 13.1 Å². The third-order valence-corrected chi connectivity index (χ3v) is 3.50. The maximum atomic E-state index is 5.58. The van der Waals surface area contributed by atoms with E-state index in [1.165, 1.54) is 17.7 Å². The Kier molecular flexibility index (Phi) is 2.68. The molecule has 84 valence electrons. The van der Waals surface area contributed by atoms with Crippen LogP contribution in [0.25, 0.3) is 11.2 Å². The smallest absolute Gasteiger partial charge is 0.219 e. The standard InChI is InChI=1S/C9H12N5OP/c1-2-7-13(6-1)16-15-14-9-8(11-12-14)4-3-5-10-9/h3-5,16H,1-2,6-7H2. The molecule has 1 unspecified atom stereocenters. The molecule has 2 aromatic rings. The van der Waals surface area contributed by atoms with Gasteiger partial charge in [0.25, 0.3) is 0 Å². The predicted molar refractivity (Wildman–Crippen MR) is 61.0 cm³/mol. The van der Waals surface area contributed by atoms with Crippen molar-refractivity contribution in [2.45, 2.75) is 12.8 Å². The van der Waals surface area contributed by atoms with E-state index in [1.54, 1.807) is 6.20 Å². The van der Waals surface area contributed by atoms with Gasteiger partial charge in [0.05, 0.1) is 0 Å². The number of rotatable bonds is 3. The van der Waals surface area contributed by atoms with Crippen molar-refractivity contribution < 1.29 is 4.62 Å². The van der Waals surface area contributed by atoms with Crippen LogP contribution >= 0.6 is 8.96 Å². The number of nitrogens with zero attached hydrogens (tertiary/aromatic N) is 5. The van der Waals surface area contributed by atoms with E-state index in [1.807, 2.05) is 12.1 Å². The first kappa shape index (κ1) is 9.93. The van der Waals surface area contributed by atoms with Crippen LogP contribution in [0.4, 0.5) is 0 Å². The van der Waals surface area contributed by atoms with E-state index < -0.39 is 0 Å². The Bertz CT molecular complexity index is 481. The highest BCUT2D eigenvalue weighted by Crippen LogP contribution is 2.22. The highest BCUT2D eigenvalue weighted by Gasteiger charge is 2.13. The minimum atomic E-state index is 0.297. The molecule has 0 aliphatic carbocycles. The summed E-state index contributed by atoms with van der Waals surface area (Å²) in [7, 11) is 0.297.